The fourth-order valence-corrected chi connectivity index (χ4v) is 8.33. The number of fused-ring (bicyclic) bond motifs is 2. The maximum Gasteiger partial charge on any atom is 0.0546 e. The van der Waals surface area contributed by atoms with Crippen LogP contribution in [0, 0.1) is 0 Å². The summed E-state index contributed by atoms with van der Waals surface area (Å²) in [5.74, 6) is 0. The van der Waals surface area contributed by atoms with E-state index >= 15 is 0 Å². The summed E-state index contributed by atoms with van der Waals surface area (Å²) in [4.78, 5) is 2.47. The first kappa shape index (κ1) is 34.0. The zero-order chi connectivity index (χ0) is 38.0. The Kier molecular flexibility index (Phi) is 8.95. The summed E-state index contributed by atoms with van der Waals surface area (Å²) in [6.07, 6.45) is 0. The molecule has 0 aliphatic carbocycles. The monoisotopic (exact) mass is 725 g/mol. The third-order valence-corrected chi connectivity index (χ3v) is 11.0. The molecule has 57 heavy (non-hydrogen) atoms. The van der Waals surface area contributed by atoms with Crippen LogP contribution in [0.4, 0.5) is 17.1 Å². The molecule has 0 aromatic heterocycles. The molecule has 10 aromatic rings. The van der Waals surface area contributed by atoms with Crippen molar-refractivity contribution in [2.75, 3.05) is 4.90 Å². The van der Waals surface area contributed by atoms with E-state index in [1.54, 1.807) is 0 Å². The van der Waals surface area contributed by atoms with Gasteiger partial charge in [0, 0.05) is 16.9 Å². The Bertz CT molecular complexity index is 2920. The third kappa shape index (κ3) is 6.56. The van der Waals surface area contributed by atoms with E-state index < -0.39 is 0 Å². The zero-order valence-electron chi connectivity index (χ0n) is 31.5. The summed E-state index contributed by atoms with van der Waals surface area (Å²) in [6, 6.07) is 85.9. The molecule has 0 heterocycles. The summed E-state index contributed by atoms with van der Waals surface area (Å²) in [5.41, 5.74) is 15.1. The zero-order valence-corrected chi connectivity index (χ0v) is 31.5. The normalized spacial score (nSPS) is 11.2. The number of hydrogen-bond donors (Lipinski definition) is 0. The van der Waals surface area contributed by atoms with Crippen LogP contribution in [0.5, 0.6) is 0 Å². The molecule has 0 N–H and O–H groups in total. The summed E-state index contributed by atoms with van der Waals surface area (Å²) in [6.45, 7) is 0. The van der Waals surface area contributed by atoms with Gasteiger partial charge in [0.15, 0.2) is 0 Å². The molecule has 0 amide bonds. The predicted molar refractivity (Wildman–Crippen MR) is 243 cm³/mol. The van der Waals surface area contributed by atoms with Crippen molar-refractivity contribution < 1.29 is 0 Å². The van der Waals surface area contributed by atoms with Crippen molar-refractivity contribution in [3.8, 4) is 55.6 Å². The molecular weight excluding hydrogens is 687 g/mol. The lowest BCUT2D eigenvalue weighted by molar-refractivity contribution is 1.28. The SMILES string of the molecule is c1ccc(-c2ccc(N(c3cc(-c4ccccc4)cc(-c4ccccc4)c3)c3cccc(-c4cccc5ccccc45)c3-c3cccc4ccccc34)cc2)cc1. The van der Waals surface area contributed by atoms with Gasteiger partial charge < -0.3 is 4.90 Å². The van der Waals surface area contributed by atoms with Crippen molar-refractivity contribution in [1.82, 2.24) is 0 Å². The van der Waals surface area contributed by atoms with Crippen molar-refractivity contribution >= 4 is 38.6 Å². The molecule has 0 bridgehead atoms. The molecule has 268 valence electrons. The van der Waals surface area contributed by atoms with E-state index in [9.17, 15) is 0 Å². The highest BCUT2D eigenvalue weighted by Gasteiger charge is 2.24. The fraction of sp³-hybridized carbons (Fsp3) is 0. The Hall–Kier alpha value is -7.48. The Morgan fingerprint density at radius 1 is 0.246 bits per heavy atom. The highest BCUT2D eigenvalue weighted by Crippen LogP contribution is 2.49. The van der Waals surface area contributed by atoms with Gasteiger partial charge in [-0.2, -0.15) is 0 Å². The van der Waals surface area contributed by atoms with Gasteiger partial charge in [-0.25, -0.2) is 0 Å². The second-order valence-corrected chi connectivity index (χ2v) is 14.5. The molecule has 10 rings (SSSR count). The Morgan fingerprint density at radius 3 is 1.25 bits per heavy atom. The number of nitrogens with zero attached hydrogens (tertiary/aromatic N) is 1. The van der Waals surface area contributed by atoms with E-state index in [4.69, 9.17) is 0 Å². The van der Waals surface area contributed by atoms with Crippen molar-refractivity contribution in [3.05, 3.63) is 237 Å². The van der Waals surface area contributed by atoms with Crippen LogP contribution >= 0.6 is 0 Å². The fourth-order valence-electron chi connectivity index (χ4n) is 8.33. The summed E-state index contributed by atoms with van der Waals surface area (Å²) < 4.78 is 0. The average Bonchev–Trinajstić information content (AvgIpc) is 3.30. The quantitative estimate of drug-likeness (QED) is 0.151. The predicted octanol–water partition coefficient (Wildman–Crippen LogP) is 15.8. The number of rotatable bonds is 8. The standard InChI is InChI=1S/C56H39N/c1-4-17-40(18-5-1)43-33-35-48(36-34-43)57(49-38-46(41-19-6-2-7-20-41)37-47(39-49)42-21-8-3-9-22-42)55-32-16-31-54(52-29-14-25-44-23-10-12-27-50(44)52)56(55)53-30-15-26-45-24-11-13-28-51(45)53/h1-39H. The number of hydrogen-bond acceptors (Lipinski definition) is 1. The van der Waals surface area contributed by atoms with Crippen molar-refractivity contribution in [3.63, 3.8) is 0 Å². The smallest absolute Gasteiger partial charge is 0.0546 e. The lowest BCUT2D eigenvalue weighted by atomic mass is 9.87. The van der Waals surface area contributed by atoms with Crippen LogP contribution in [0.3, 0.4) is 0 Å². The van der Waals surface area contributed by atoms with E-state index in [-0.39, 0.29) is 0 Å². The topological polar surface area (TPSA) is 3.24 Å². The average molecular weight is 726 g/mol. The van der Waals surface area contributed by atoms with Crippen molar-refractivity contribution in [2.24, 2.45) is 0 Å². The van der Waals surface area contributed by atoms with Crippen LogP contribution < -0.4 is 4.90 Å². The van der Waals surface area contributed by atoms with Gasteiger partial charge in [-0.15, -0.1) is 0 Å². The Balaban J connectivity index is 1.30. The minimum Gasteiger partial charge on any atom is -0.310 e. The first-order valence-corrected chi connectivity index (χ1v) is 19.6. The van der Waals surface area contributed by atoms with Crippen molar-refractivity contribution in [1.29, 1.82) is 0 Å². The molecule has 0 spiro atoms. The van der Waals surface area contributed by atoms with Gasteiger partial charge in [0.2, 0.25) is 0 Å². The van der Waals surface area contributed by atoms with Crippen LogP contribution in [0.1, 0.15) is 0 Å². The molecule has 0 aliphatic rings. The van der Waals surface area contributed by atoms with Crippen LogP contribution in [-0.4, -0.2) is 0 Å². The van der Waals surface area contributed by atoms with Gasteiger partial charge in [0.25, 0.3) is 0 Å². The van der Waals surface area contributed by atoms with E-state index in [1.807, 2.05) is 0 Å². The highest BCUT2D eigenvalue weighted by atomic mass is 15.1. The summed E-state index contributed by atoms with van der Waals surface area (Å²) in [5, 5.41) is 4.89. The number of benzene rings is 10. The second kappa shape index (κ2) is 15.0. The summed E-state index contributed by atoms with van der Waals surface area (Å²) in [7, 11) is 0. The molecule has 0 saturated carbocycles. The Morgan fingerprint density at radius 2 is 0.667 bits per heavy atom. The largest absolute Gasteiger partial charge is 0.310 e. The van der Waals surface area contributed by atoms with Crippen LogP contribution in [0.25, 0.3) is 77.2 Å². The molecule has 0 unspecified atom stereocenters. The van der Waals surface area contributed by atoms with Crippen LogP contribution in [0.2, 0.25) is 0 Å². The minimum atomic E-state index is 1.08. The highest BCUT2D eigenvalue weighted by molar-refractivity contribution is 6.09. The number of anilines is 3. The first-order chi connectivity index (χ1) is 28.3. The van der Waals surface area contributed by atoms with Crippen LogP contribution in [-0.2, 0) is 0 Å². The third-order valence-electron chi connectivity index (χ3n) is 11.0. The lowest BCUT2D eigenvalue weighted by Crippen LogP contribution is -2.12. The van der Waals surface area contributed by atoms with Gasteiger partial charge in [-0.05, 0) is 108 Å². The summed E-state index contributed by atoms with van der Waals surface area (Å²) >= 11 is 0. The van der Waals surface area contributed by atoms with E-state index in [2.05, 4.69) is 241 Å². The second-order valence-electron chi connectivity index (χ2n) is 14.5. The van der Waals surface area contributed by atoms with Gasteiger partial charge in [-0.3, -0.25) is 0 Å². The molecule has 0 fully saturated rings. The maximum absolute atomic E-state index is 2.47. The molecular formula is C56H39N. The maximum atomic E-state index is 2.47. The molecule has 1 nitrogen and oxygen atoms in total. The van der Waals surface area contributed by atoms with Crippen molar-refractivity contribution in [2.45, 2.75) is 0 Å². The molecule has 0 atom stereocenters. The van der Waals surface area contributed by atoms with Gasteiger partial charge in [-0.1, -0.05) is 200 Å². The molecule has 1 heteroatoms. The Labute approximate surface area is 334 Å². The molecule has 10 aromatic carbocycles. The van der Waals surface area contributed by atoms with E-state index in [0.29, 0.717) is 0 Å². The molecule has 0 radical (unpaired) electrons. The lowest BCUT2D eigenvalue weighted by Gasteiger charge is -2.31. The van der Waals surface area contributed by atoms with Gasteiger partial charge >= 0.3 is 0 Å². The molecule has 0 saturated heterocycles. The molecule has 0 aliphatic heterocycles. The first-order valence-electron chi connectivity index (χ1n) is 19.6. The van der Waals surface area contributed by atoms with E-state index in [0.717, 1.165) is 28.2 Å². The minimum absolute atomic E-state index is 1.08. The van der Waals surface area contributed by atoms with Gasteiger partial charge in [0.05, 0.1) is 5.69 Å². The van der Waals surface area contributed by atoms with E-state index in [1.165, 1.54) is 66.1 Å². The van der Waals surface area contributed by atoms with Crippen LogP contribution in [0.15, 0.2) is 237 Å². The van der Waals surface area contributed by atoms with Gasteiger partial charge in [0.1, 0.15) is 0 Å².